The predicted octanol–water partition coefficient (Wildman–Crippen LogP) is 4.65. The number of benzene rings is 3. The lowest BCUT2D eigenvalue weighted by molar-refractivity contribution is -0.122. The summed E-state index contributed by atoms with van der Waals surface area (Å²) >= 11 is 6.37. The number of nitrogens with one attached hydrogen (secondary N) is 1. The van der Waals surface area contributed by atoms with E-state index in [1.165, 1.54) is 5.56 Å². The fraction of sp³-hybridized carbons (Fsp3) is 0.321. The quantitative estimate of drug-likeness (QED) is 0.582. The van der Waals surface area contributed by atoms with Gasteiger partial charge in [-0.1, -0.05) is 84.4 Å². The molecule has 33 heavy (non-hydrogen) atoms. The molecule has 1 spiro atoms. The largest absolute Gasteiger partial charge is 0.390 e. The van der Waals surface area contributed by atoms with Crippen molar-refractivity contribution in [3.05, 3.63) is 106 Å². The van der Waals surface area contributed by atoms with Crippen LogP contribution < -0.4 is 5.32 Å². The van der Waals surface area contributed by atoms with Crippen LogP contribution in [0.15, 0.2) is 78.9 Å². The highest BCUT2D eigenvalue weighted by atomic mass is 35.5. The molecule has 3 aromatic rings. The smallest absolute Gasteiger partial charge is 0.224 e. The van der Waals surface area contributed by atoms with Crippen LogP contribution in [0, 0.1) is 0 Å². The molecule has 0 saturated carbocycles. The minimum Gasteiger partial charge on any atom is -0.390 e. The topological polar surface area (TPSA) is 52.6 Å². The molecule has 5 heteroatoms. The molecule has 1 fully saturated rings. The van der Waals surface area contributed by atoms with E-state index in [-0.39, 0.29) is 17.4 Å². The first-order chi connectivity index (χ1) is 16.1. The monoisotopic (exact) mass is 460 g/mol. The zero-order chi connectivity index (χ0) is 22.8. The maximum atomic E-state index is 12.8. The summed E-state index contributed by atoms with van der Waals surface area (Å²) in [7, 11) is 0. The first-order valence-corrected chi connectivity index (χ1v) is 12.0. The number of hydrogen-bond donors (Lipinski definition) is 2. The zero-order valence-electron chi connectivity index (χ0n) is 18.6. The summed E-state index contributed by atoms with van der Waals surface area (Å²) in [6, 6.07) is 25.5. The summed E-state index contributed by atoms with van der Waals surface area (Å²) in [6.07, 6.45) is 1.36. The van der Waals surface area contributed by atoms with Gasteiger partial charge in [0.2, 0.25) is 5.91 Å². The lowest BCUT2D eigenvalue weighted by Crippen LogP contribution is -2.49. The Kier molecular flexibility index (Phi) is 6.24. The normalized spacial score (nSPS) is 21.6. The molecule has 5 rings (SSSR count). The van der Waals surface area contributed by atoms with E-state index in [0.29, 0.717) is 6.42 Å². The van der Waals surface area contributed by atoms with Gasteiger partial charge in [0.1, 0.15) is 0 Å². The van der Waals surface area contributed by atoms with Gasteiger partial charge in [-0.15, -0.1) is 0 Å². The van der Waals surface area contributed by atoms with Gasteiger partial charge in [0.25, 0.3) is 0 Å². The van der Waals surface area contributed by atoms with Crippen LogP contribution in [0.3, 0.4) is 0 Å². The third kappa shape index (κ3) is 4.31. The maximum absolute atomic E-state index is 12.8. The van der Waals surface area contributed by atoms with Gasteiger partial charge in [-0.3, -0.25) is 9.69 Å². The van der Waals surface area contributed by atoms with Crippen LogP contribution in [0.5, 0.6) is 0 Å². The number of aliphatic hydroxyl groups excluding tert-OH is 1. The molecule has 4 nitrogen and oxygen atoms in total. The van der Waals surface area contributed by atoms with Crippen molar-refractivity contribution in [2.45, 2.75) is 43.4 Å². The van der Waals surface area contributed by atoms with Gasteiger partial charge in [-0.25, -0.2) is 0 Å². The molecule has 1 heterocycles. The van der Waals surface area contributed by atoms with E-state index >= 15 is 0 Å². The number of hydrogen-bond acceptors (Lipinski definition) is 3. The van der Waals surface area contributed by atoms with Gasteiger partial charge in [-0.05, 0) is 54.3 Å². The molecular weight excluding hydrogens is 432 g/mol. The number of halogens is 1. The van der Waals surface area contributed by atoms with E-state index < -0.39 is 6.10 Å². The van der Waals surface area contributed by atoms with Crippen LogP contribution in [0.4, 0.5) is 0 Å². The lowest BCUT2D eigenvalue weighted by Gasteiger charge is -2.43. The molecule has 1 amide bonds. The molecule has 0 aromatic heterocycles. The van der Waals surface area contributed by atoms with Crippen LogP contribution >= 0.6 is 11.6 Å². The highest BCUT2D eigenvalue weighted by Crippen LogP contribution is 2.51. The number of carbonyl (C=O) groups excluding carboxylic acids is 1. The zero-order valence-corrected chi connectivity index (χ0v) is 19.3. The number of likely N-dealkylation sites (tertiary alicyclic amines) is 1. The average molecular weight is 461 g/mol. The number of carbonyl (C=O) groups is 1. The minimum atomic E-state index is -0.642. The van der Waals surface area contributed by atoms with Gasteiger partial charge >= 0.3 is 0 Å². The van der Waals surface area contributed by atoms with Crippen molar-refractivity contribution in [2.24, 2.45) is 0 Å². The average Bonchev–Trinajstić information content (AvgIpc) is 3.05. The molecule has 1 aliphatic carbocycles. The second-order valence-electron chi connectivity index (χ2n) is 9.26. The van der Waals surface area contributed by atoms with Crippen molar-refractivity contribution in [1.82, 2.24) is 10.2 Å². The van der Waals surface area contributed by atoms with Crippen molar-refractivity contribution >= 4 is 17.5 Å². The SMILES string of the molecule is O=C(Cc1ccccc1)N[C@@H]1c2ccccc2C2(CCN(Cc3ccccc3Cl)CC2)[C@H]1O. The van der Waals surface area contributed by atoms with Crippen molar-refractivity contribution in [2.75, 3.05) is 13.1 Å². The molecule has 0 bridgehead atoms. The molecule has 1 aliphatic heterocycles. The fourth-order valence-electron chi connectivity index (χ4n) is 5.58. The Bertz CT molecular complexity index is 1130. The van der Waals surface area contributed by atoms with E-state index in [1.54, 1.807) is 0 Å². The van der Waals surface area contributed by atoms with Crippen molar-refractivity contribution in [3.63, 3.8) is 0 Å². The summed E-state index contributed by atoms with van der Waals surface area (Å²) in [4.78, 5) is 15.2. The number of fused-ring (bicyclic) bond motifs is 2. The Hall–Kier alpha value is -2.66. The van der Waals surface area contributed by atoms with E-state index in [1.807, 2.05) is 60.7 Å². The van der Waals surface area contributed by atoms with Crippen LogP contribution in [0.2, 0.25) is 5.02 Å². The second kappa shape index (κ2) is 9.30. The summed E-state index contributed by atoms with van der Waals surface area (Å²) in [5, 5.41) is 15.5. The number of aliphatic hydroxyl groups is 1. The van der Waals surface area contributed by atoms with E-state index in [4.69, 9.17) is 11.6 Å². The van der Waals surface area contributed by atoms with Gasteiger partial charge < -0.3 is 10.4 Å². The molecule has 1 saturated heterocycles. The van der Waals surface area contributed by atoms with E-state index in [2.05, 4.69) is 28.4 Å². The summed E-state index contributed by atoms with van der Waals surface area (Å²) < 4.78 is 0. The molecule has 170 valence electrons. The summed E-state index contributed by atoms with van der Waals surface area (Å²) in [6.45, 7) is 2.56. The highest BCUT2D eigenvalue weighted by Gasteiger charge is 2.52. The number of piperidine rings is 1. The molecule has 2 N–H and O–H groups in total. The number of amides is 1. The van der Waals surface area contributed by atoms with Gasteiger partial charge in [0, 0.05) is 17.0 Å². The Morgan fingerprint density at radius 3 is 2.39 bits per heavy atom. The van der Waals surface area contributed by atoms with Crippen LogP contribution in [0.1, 0.15) is 41.1 Å². The fourth-order valence-corrected chi connectivity index (χ4v) is 5.77. The standard InChI is InChI=1S/C28H29ClN2O2/c29-24-13-7-4-10-21(24)19-31-16-14-28(15-17-31)23-12-6-5-11-22(23)26(27(28)33)30-25(32)18-20-8-2-1-3-9-20/h1-13,26-27,33H,14-19H2,(H,30,32)/t26-,27+/m1/s1. The maximum Gasteiger partial charge on any atom is 0.224 e. The third-order valence-electron chi connectivity index (χ3n) is 7.34. The van der Waals surface area contributed by atoms with Gasteiger partial charge in [0.05, 0.1) is 18.6 Å². The molecular formula is C28H29ClN2O2. The van der Waals surface area contributed by atoms with E-state index in [9.17, 15) is 9.90 Å². The minimum absolute atomic E-state index is 0.0618. The Balaban J connectivity index is 1.32. The van der Waals surface area contributed by atoms with Crippen molar-refractivity contribution < 1.29 is 9.90 Å². The summed E-state index contributed by atoms with van der Waals surface area (Å²) in [5.74, 6) is -0.0618. The van der Waals surface area contributed by atoms with Crippen molar-refractivity contribution in [1.29, 1.82) is 0 Å². The molecule has 2 aliphatic rings. The summed E-state index contributed by atoms with van der Waals surface area (Å²) in [5.41, 5.74) is 4.00. The van der Waals surface area contributed by atoms with E-state index in [0.717, 1.165) is 54.2 Å². The van der Waals surface area contributed by atoms with Gasteiger partial charge in [0.15, 0.2) is 0 Å². The molecule has 0 radical (unpaired) electrons. The van der Waals surface area contributed by atoms with Crippen LogP contribution in [-0.4, -0.2) is 35.1 Å². The first-order valence-electron chi connectivity index (χ1n) is 11.6. The predicted molar refractivity (Wildman–Crippen MR) is 131 cm³/mol. The Morgan fingerprint density at radius 2 is 1.64 bits per heavy atom. The Labute approximate surface area is 200 Å². The Morgan fingerprint density at radius 1 is 0.970 bits per heavy atom. The van der Waals surface area contributed by atoms with Gasteiger partial charge in [-0.2, -0.15) is 0 Å². The molecule has 3 aromatic carbocycles. The lowest BCUT2D eigenvalue weighted by atomic mass is 9.72. The second-order valence-corrected chi connectivity index (χ2v) is 9.67. The van der Waals surface area contributed by atoms with Crippen molar-refractivity contribution in [3.8, 4) is 0 Å². The third-order valence-corrected chi connectivity index (χ3v) is 7.71. The highest BCUT2D eigenvalue weighted by molar-refractivity contribution is 6.31. The number of rotatable bonds is 5. The first kappa shape index (κ1) is 22.1. The number of nitrogens with zero attached hydrogens (tertiary/aromatic N) is 1. The molecule has 0 unspecified atom stereocenters. The molecule has 2 atom stereocenters. The van der Waals surface area contributed by atoms with Crippen LogP contribution in [0.25, 0.3) is 0 Å². The van der Waals surface area contributed by atoms with Crippen LogP contribution in [-0.2, 0) is 23.2 Å².